The quantitative estimate of drug-likeness (QED) is 0.573. The van der Waals surface area contributed by atoms with Crippen LogP contribution in [0.2, 0.25) is 0 Å². The molecule has 5 nitrogen and oxygen atoms in total. The van der Waals surface area contributed by atoms with Gasteiger partial charge in [-0.05, 0) is 6.42 Å². The lowest BCUT2D eigenvalue weighted by molar-refractivity contribution is -0.142. The molecule has 20 heavy (non-hydrogen) atoms. The van der Waals surface area contributed by atoms with Gasteiger partial charge in [-0.15, -0.1) is 0 Å². The molecule has 0 saturated carbocycles. The Bertz CT molecular complexity index is 282. The van der Waals surface area contributed by atoms with Crippen molar-refractivity contribution in [2.24, 2.45) is 0 Å². The summed E-state index contributed by atoms with van der Waals surface area (Å²) < 4.78 is 0. The lowest BCUT2D eigenvalue weighted by Crippen LogP contribution is -2.46. The van der Waals surface area contributed by atoms with E-state index in [4.69, 9.17) is 5.11 Å². The molecule has 0 aliphatic carbocycles. The zero-order chi connectivity index (χ0) is 15.4. The van der Waals surface area contributed by atoms with Crippen LogP contribution in [0.4, 0.5) is 4.79 Å². The van der Waals surface area contributed by atoms with Gasteiger partial charge in [-0.25, -0.2) is 9.59 Å². The molecule has 2 amide bonds. The number of amides is 2. The first-order valence-electron chi connectivity index (χ1n) is 7.71. The summed E-state index contributed by atoms with van der Waals surface area (Å²) in [5.41, 5.74) is 0. The summed E-state index contributed by atoms with van der Waals surface area (Å²) in [4.78, 5) is 23.9. The number of nitrogens with zero attached hydrogens (tertiary/aromatic N) is 1. The highest BCUT2D eigenvalue weighted by atomic mass is 16.4. The van der Waals surface area contributed by atoms with E-state index in [1.54, 1.807) is 0 Å². The van der Waals surface area contributed by atoms with Crippen LogP contribution in [0.25, 0.3) is 0 Å². The van der Waals surface area contributed by atoms with Crippen molar-refractivity contribution in [1.29, 1.82) is 0 Å². The maximum Gasteiger partial charge on any atom is 0.326 e. The Morgan fingerprint density at radius 1 is 1.05 bits per heavy atom. The first kappa shape index (κ1) is 18.7. The van der Waals surface area contributed by atoms with Crippen molar-refractivity contribution in [2.75, 3.05) is 14.1 Å². The van der Waals surface area contributed by atoms with Crippen molar-refractivity contribution in [3.05, 3.63) is 0 Å². The average molecular weight is 286 g/mol. The summed E-state index contributed by atoms with van der Waals surface area (Å²) in [5, 5.41) is 11.6. The van der Waals surface area contributed by atoms with Crippen LogP contribution >= 0.6 is 0 Å². The molecule has 0 heterocycles. The maximum atomic E-state index is 11.4. The Labute approximate surface area is 122 Å². The lowest BCUT2D eigenvalue weighted by atomic mass is 10.0. The van der Waals surface area contributed by atoms with Crippen LogP contribution in [-0.2, 0) is 4.79 Å². The Morgan fingerprint density at radius 3 is 2.00 bits per heavy atom. The SMILES string of the molecule is CCCCCCCCCCC(C(=O)O)N(C)C(=O)NC. The average Bonchev–Trinajstić information content (AvgIpc) is 2.43. The van der Waals surface area contributed by atoms with Crippen LogP contribution < -0.4 is 5.32 Å². The van der Waals surface area contributed by atoms with Crippen LogP contribution in [0, 0.1) is 0 Å². The molecule has 118 valence electrons. The number of likely N-dealkylation sites (N-methyl/N-ethyl adjacent to an activating group) is 1. The van der Waals surface area contributed by atoms with Gasteiger partial charge in [-0.2, -0.15) is 0 Å². The van der Waals surface area contributed by atoms with E-state index in [9.17, 15) is 9.59 Å². The predicted molar refractivity (Wildman–Crippen MR) is 80.9 cm³/mol. The Balaban J connectivity index is 3.82. The van der Waals surface area contributed by atoms with Crippen LogP contribution in [-0.4, -0.2) is 42.1 Å². The fraction of sp³-hybridized carbons (Fsp3) is 0.867. The number of carboxylic acids is 1. The normalized spacial score (nSPS) is 11.9. The third-order valence-corrected chi connectivity index (χ3v) is 3.62. The molecule has 0 saturated heterocycles. The summed E-state index contributed by atoms with van der Waals surface area (Å²) in [7, 11) is 3.04. The number of nitrogens with one attached hydrogen (secondary N) is 1. The second kappa shape index (κ2) is 11.6. The number of unbranched alkanes of at least 4 members (excludes halogenated alkanes) is 7. The van der Waals surface area contributed by atoms with Crippen molar-refractivity contribution < 1.29 is 14.7 Å². The molecule has 0 spiro atoms. The number of hydrogen-bond acceptors (Lipinski definition) is 2. The second-order valence-electron chi connectivity index (χ2n) is 5.28. The lowest BCUT2D eigenvalue weighted by Gasteiger charge is -2.24. The molecule has 2 N–H and O–H groups in total. The highest BCUT2D eigenvalue weighted by Crippen LogP contribution is 2.13. The molecular weight excluding hydrogens is 256 g/mol. The van der Waals surface area contributed by atoms with Gasteiger partial charge in [0, 0.05) is 14.1 Å². The highest BCUT2D eigenvalue weighted by molar-refractivity contribution is 5.82. The highest BCUT2D eigenvalue weighted by Gasteiger charge is 2.25. The van der Waals surface area contributed by atoms with E-state index in [1.807, 2.05) is 0 Å². The molecule has 0 radical (unpaired) electrons. The number of urea groups is 1. The molecule has 0 rings (SSSR count). The van der Waals surface area contributed by atoms with Gasteiger partial charge < -0.3 is 15.3 Å². The zero-order valence-electron chi connectivity index (χ0n) is 13.2. The minimum absolute atomic E-state index is 0.350. The Morgan fingerprint density at radius 2 is 1.55 bits per heavy atom. The van der Waals surface area contributed by atoms with E-state index in [0.717, 1.165) is 19.3 Å². The van der Waals surface area contributed by atoms with Crippen molar-refractivity contribution in [3.8, 4) is 0 Å². The molecule has 5 heteroatoms. The summed E-state index contributed by atoms with van der Waals surface area (Å²) in [6.45, 7) is 2.20. The van der Waals surface area contributed by atoms with Gasteiger partial charge in [0.25, 0.3) is 0 Å². The van der Waals surface area contributed by atoms with E-state index in [1.165, 1.54) is 51.1 Å². The second-order valence-corrected chi connectivity index (χ2v) is 5.28. The number of carbonyl (C=O) groups is 2. The molecule has 0 aromatic rings. The van der Waals surface area contributed by atoms with Crippen molar-refractivity contribution in [2.45, 2.75) is 70.8 Å². The van der Waals surface area contributed by atoms with E-state index in [-0.39, 0.29) is 6.03 Å². The van der Waals surface area contributed by atoms with Gasteiger partial charge in [0.1, 0.15) is 6.04 Å². The van der Waals surface area contributed by atoms with E-state index < -0.39 is 12.0 Å². The fourth-order valence-electron chi connectivity index (χ4n) is 2.27. The first-order chi connectivity index (χ1) is 9.54. The molecule has 0 bridgehead atoms. The fourth-order valence-corrected chi connectivity index (χ4v) is 2.27. The van der Waals surface area contributed by atoms with Gasteiger partial charge in [-0.3, -0.25) is 0 Å². The summed E-state index contributed by atoms with van der Waals surface area (Å²) >= 11 is 0. The summed E-state index contributed by atoms with van der Waals surface area (Å²) in [6, 6.07) is -1.08. The molecule has 0 fully saturated rings. The smallest absolute Gasteiger partial charge is 0.326 e. The van der Waals surface area contributed by atoms with Gasteiger partial charge in [0.05, 0.1) is 0 Å². The molecular formula is C15H30N2O3. The van der Waals surface area contributed by atoms with Crippen molar-refractivity contribution >= 4 is 12.0 Å². The molecule has 1 atom stereocenters. The van der Waals surface area contributed by atoms with E-state index >= 15 is 0 Å². The topological polar surface area (TPSA) is 69.6 Å². The largest absolute Gasteiger partial charge is 0.480 e. The Hall–Kier alpha value is -1.26. The number of carboxylic acid groups (broad SMARTS) is 1. The van der Waals surface area contributed by atoms with Gasteiger partial charge in [-0.1, -0.05) is 58.3 Å². The van der Waals surface area contributed by atoms with Crippen molar-refractivity contribution in [1.82, 2.24) is 10.2 Å². The number of aliphatic carboxylic acids is 1. The molecule has 0 aromatic carbocycles. The van der Waals surface area contributed by atoms with Crippen LogP contribution in [0.3, 0.4) is 0 Å². The first-order valence-corrected chi connectivity index (χ1v) is 7.71. The minimum Gasteiger partial charge on any atom is -0.480 e. The molecule has 0 aliphatic rings. The van der Waals surface area contributed by atoms with Crippen LogP contribution in [0.1, 0.15) is 64.7 Å². The molecule has 0 aliphatic heterocycles. The van der Waals surface area contributed by atoms with E-state index in [2.05, 4.69) is 12.2 Å². The standard InChI is InChI=1S/C15H30N2O3/c1-4-5-6-7-8-9-10-11-12-13(14(18)19)17(3)15(20)16-2/h13H,4-12H2,1-3H3,(H,16,20)(H,18,19). The van der Waals surface area contributed by atoms with Gasteiger partial charge in [0.15, 0.2) is 0 Å². The summed E-state index contributed by atoms with van der Waals surface area (Å²) in [6.07, 6.45) is 9.92. The molecule has 1 unspecified atom stereocenters. The number of rotatable bonds is 11. The zero-order valence-corrected chi connectivity index (χ0v) is 13.2. The summed E-state index contributed by atoms with van der Waals surface area (Å²) in [5.74, 6) is -0.931. The third-order valence-electron chi connectivity index (χ3n) is 3.62. The van der Waals surface area contributed by atoms with Gasteiger partial charge >= 0.3 is 12.0 Å². The number of hydrogen-bond donors (Lipinski definition) is 2. The monoisotopic (exact) mass is 286 g/mol. The van der Waals surface area contributed by atoms with Crippen LogP contribution in [0.5, 0.6) is 0 Å². The van der Waals surface area contributed by atoms with E-state index in [0.29, 0.717) is 6.42 Å². The Kier molecular flexibility index (Phi) is 10.8. The maximum absolute atomic E-state index is 11.4. The molecule has 0 aromatic heterocycles. The third kappa shape index (κ3) is 8.02. The van der Waals surface area contributed by atoms with Crippen LogP contribution in [0.15, 0.2) is 0 Å². The number of carbonyl (C=O) groups excluding carboxylic acids is 1. The van der Waals surface area contributed by atoms with Gasteiger partial charge in [0.2, 0.25) is 0 Å². The van der Waals surface area contributed by atoms with Crippen molar-refractivity contribution in [3.63, 3.8) is 0 Å². The minimum atomic E-state index is -0.931. The predicted octanol–water partition coefficient (Wildman–Crippen LogP) is 3.24.